The number of esters is 3. The number of rotatable bonds is 47. The molecule has 58 heavy (non-hydrogen) atoms. The van der Waals surface area contributed by atoms with Crippen LogP contribution in [0.4, 0.5) is 0 Å². The molecule has 0 aliphatic rings. The smallest absolute Gasteiger partial charge is 0.306 e. The van der Waals surface area contributed by atoms with Crippen molar-refractivity contribution in [1.29, 1.82) is 0 Å². The Morgan fingerprint density at radius 2 is 0.569 bits per heavy atom. The third kappa shape index (κ3) is 45.5. The molecule has 0 rings (SSSR count). The Bertz CT molecular complexity index is 872. The fourth-order valence-electron chi connectivity index (χ4n) is 7.86. The first-order valence-corrected chi connectivity index (χ1v) is 25.9. The van der Waals surface area contributed by atoms with Gasteiger partial charge in [-0.25, -0.2) is 0 Å². The van der Waals surface area contributed by atoms with Crippen molar-refractivity contribution in [3.8, 4) is 0 Å². The van der Waals surface area contributed by atoms with Crippen LogP contribution in [0.2, 0.25) is 0 Å². The minimum absolute atomic E-state index is 0.0637. The van der Waals surface area contributed by atoms with Gasteiger partial charge in [0, 0.05) is 19.3 Å². The maximum atomic E-state index is 12.7. The number of carbonyl (C=O) groups excluding carboxylic acids is 3. The number of carbonyl (C=O) groups is 3. The zero-order chi connectivity index (χ0) is 42.4. The molecule has 0 bridgehead atoms. The summed E-state index contributed by atoms with van der Waals surface area (Å²) in [5, 5.41) is 0. The molecule has 344 valence electrons. The van der Waals surface area contributed by atoms with Crippen molar-refractivity contribution < 1.29 is 28.6 Å². The van der Waals surface area contributed by atoms with Gasteiger partial charge in [-0.15, -0.1) is 0 Å². The van der Waals surface area contributed by atoms with Gasteiger partial charge in [-0.1, -0.05) is 252 Å². The van der Waals surface area contributed by atoms with Crippen molar-refractivity contribution in [2.75, 3.05) is 13.2 Å². The lowest BCUT2D eigenvalue weighted by Crippen LogP contribution is -2.30. The summed E-state index contributed by atoms with van der Waals surface area (Å²) in [5.74, 6) is -0.00691. The van der Waals surface area contributed by atoms with E-state index < -0.39 is 6.10 Å². The fourth-order valence-corrected chi connectivity index (χ4v) is 7.86. The Balaban J connectivity index is 4.09. The van der Waals surface area contributed by atoms with E-state index in [4.69, 9.17) is 14.2 Å². The van der Waals surface area contributed by atoms with E-state index >= 15 is 0 Å². The topological polar surface area (TPSA) is 78.9 Å². The van der Waals surface area contributed by atoms with E-state index in [1.807, 2.05) is 0 Å². The first-order valence-electron chi connectivity index (χ1n) is 25.9. The average Bonchev–Trinajstić information content (AvgIpc) is 3.21. The molecule has 6 nitrogen and oxygen atoms in total. The molecular formula is C52H100O6. The van der Waals surface area contributed by atoms with Gasteiger partial charge in [0.2, 0.25) is 0 Å². The molecule has 0 fully saturated rings. The van der Waals surface area contributed by atoms with Crippen LogP contribution >= 0.6 is 0 Å². The van der Waals surface area contributed by atoms with Crippen LogP contribution in [0.15, 0.2) is 0 Å². The van der Waals surface area contributed by atoms with Gasteiger partial charge >= 0.3 is 17.9 Å². The minimum Gasteiger partial charge on any atom is -0.462 e. The van der Waals surface area contributed by atoms with E-state index in [1.165, 1.54) is 180 Å². The van der Waals surface area contributed by atoms with Crippen molar-refractivity contribution in [3.05, 3.63) is 0 Å². The largest absolute Gasteiger partial charge is 0.462 e. The lowest BCUT2D eigenvalue weighted by molar-refractivity contribution is -0.167. The quantitative estimate of drug-likeness (QED) is 0.0346. The molecular weight excluding hydrogens is 721 g/mol. The monoisotopic (exact) mass is 821 g/mol. The van der Waals surface area contributed by atoms with Crippen molar-refractivity contribution in [2.45, 2.75) is 297 Å². The normalized spacial score (nSPS) is 11.9. The molecule has 0 saturated carbocycles. The Kier molecular flexibility index (Phi) is 45.2. The van der Waals surface area contributed by atoms with Crippen LogP contribution < -0.4 is 0 Å². The minimum atomic E-state index is -0.758. The van der Waals surface area contributed by atoms with Gasteiger partial charge in [0.25, 0.3) is 0 Å². The lowest BCUT2D eigenvalue weighted by Gasteiger charge is -2.18. The van der Waals surface area contributed by atoms with Gasteiger partial charge < -0.3 is 14.2 Å². The van der Waals surface area contributed by atoms with Crippen LogP contribution in [0.25, 0.3) is 0 Å². The van der Waals surface area contributed by atoms with Crippen LogP contribution in [-0.4, -0.2) is 37.2 Å². The van der Waals surface area contributed by atoms with Crippen molar-refractivity contribution in [1.82, 2.24) is 0 Å². The predicted octanol–water partition coefficient (Wildman–Crippen LogP) is 16.7. The highest BCUT2D eigenvalue weighted by atomic mass is 16.6. The molecule has 0 saturated heterocycles. The van der Waals surface area contributed by atoms with Gasteiger partial charge in [0.15, 0.2) is 6.10 Å². The summed E-state index contributed by atoms with van der Waals surface area (Å²) in [6.45, 7) is 8.97. The van der Waals surface area contributed by atoms with Crippen LogP contribution in [0.5, 0.6) is 0 Å². The summed E-state index contributed by atoms with van der Waals surface area (Å²) in [7, 11) is 0. The molecule has 0 aliphatic carbocycles. The van der Waals surface area contributed by atoms with E-state index in [1.54, 1.807) is 0 Å². The summed E-state index contributed by atoms with van der Waals surface area (Å²) in [4.78, 5) is 37.6. The zero-order valence-electron chi connectivity index (χ0n) is 39.5. The highest BCUT2D eigenvalue weighted by Gasteiger charge is 2.19. The summed E-state index contributed by atoms with van der Waals surface area (Å²) in [6, 6.07) is 0. The summed E-state index contributed by atoms with van der Waals surface area (Å²) in [5.41, 5.74) is 0. The molecule has 1 atom stereocenters. The van der Waals surface area contributed by atoms with Crippen molar-refractivity contribution in [2.24, 2.45) is 5.92 Å². The molecule has 0 aromatic carbocycles. The van der Waals surface area contributed by atoms with Gasteiger partial charge in [-0.3, -0.25) is 14.4 Å². The van der Waals surface area contributed by atoms with Crippen LogP contribution in [0, 0.1) is 5.92 Å². The number of unbranched alkanes of at least 4 members (excludes halogenated alkanes) is 34. The van der Waals surface area contributed by atoms with Gasteiger partial charge in [-0.05, 0) is 25.2 Å². The summed E-state index contributed by atoms with van der Waals surface area (Å²) < 4.78 is 16.7. The molecule has 0 unspecified atom stereocenters. The second kappa shape index (κ2) is 46.5. The molecule has 6 heteroatoms. The van der Waals surface area contributed by atoms with Gasteiger partial charge in [0.1, 0.15) is 13.2 Å². The standard InChI is InChI=1S/C52H100O6/c1-5-7-9-11-12-13-14-15-16-20-23-26-29-32-36-40-44-51(54)57-47-49(46-56-50(53)43-39-34-10-8-6-2)58-52(55)45-41-37-33-30-27-24-21-18-17-19-22-25-28-31-35-38-42-48(3)4/h48-49H,5-47H2,1-4H3/t49-/m0/s1. The van der Waals surface area contributed by atoms with Crippen LogP contribution in [0.1, 0.15) is 291 Å². The number of hydrogen-bond acceptors (Lipinski definition) is 6. The summed E-state index contributed by atoms with van der Waals surface area (Å²) >= 11 is 0. The predicted molar refractivity (Wildman–Crippen MR) is 247 cm³/mol. The van der Waals surface area contributed by atoms with E-state index in [-0.39, 0.29) is 31.1 Å². The van der Waals surface area contributed by atoms with E-state index in [0.717, 1.165) is 70.1 Å². The molecule has 0 amide bonds. The Labute approximate surface area is 361 Å². The highest BCUT2D eigenvalue weighted by molar-refractivity contribution is 5.71. The molecule has 0 heterocycles. The van der Waals surface area contributed by atoms with Crippen molar-refractivity contribution >= 4 is 17.9 Å². The Morgan fingerprint density at radius 3 is 0.845 bits per heavy atom. The van der Waals surface area contributed by atoms with Gasteiger partial charge in [-0.2, -0.15) is 0 Å². The number of ether oxygens (including phenoxy) is 3. The van der Waals surface area contributed by atoms with E-state index in [9.17, 15) is 14.4 Å². The Morgan fingerprint density at radius 1 is 0.328 bits per heavy atom. The second-order valence-corrected chi connectivity index (χ2v) is 18.3. The average molecular weight is 821 g/mol. The summed E-state index contributed by atoms with van der Waals surface area (Å²) in [6.07, 6.45) is 48.4. The molecule has 0 radical (unpaired) electrons. The fraction of sp³-hybridized carbons (Fsp3) is 0.942. The molecule has 0 aromatic rings. The maximum Gasteiger partial charge on any atom is 0.306 e. The van der Waals surface area contributed by atoms with Crippen molar-refractivity contribution in [3.63, 3.8) is 0 Å². The van der Waals surface area contributed by atoms with Gasteiger partial charge in [0.05, 0.1) is 0 Å². The van der Waals surface area contributed by atoms with E-state index in [2.05, 4.69) is 27.7 Å². The molecule has 0 N–H and O–H groups in total. The van der Waals surface area contributed by atoms with Crippen LogP contribution in [0.3, 0.4) is 0 Å². The molecule has 0 aliphatic heterocycles. The lowest BCUT2D eigenvalue weighted by atomic mass is 10.0. The molecule has 0 aromatic heterocycles. The number of hydrogen-bond donors (Lipinski definition) is 0. The SMILES string of the molecule is CCCCCCCCCCCCCCCCCCC(=O)OC[C@H](COC(=O)CCCCCCC)OC(=O)CCCCCCCCCCCCCCCCCCC(C)C. The third-order valence-corrected chi connectivity index (χ3v) is 11.8. The van der Waals surface area contributed by atoms with Crippen LogP contribution in [-0.2, 0) is 28.6 Å². The first-order chi connectivity index (χ1) is 28.4. The maximum absolute atomic E-state index is 12.7. The highest BCUT2D eigenvalue weighted by Crippen LogP contribution is 2.17. The Hall–Kier alpha value is -1.59. The van der Waals surface area contributed by atoms with E-state index in [0.29, 0.717) is 19.3 Å². The molecule has 0 spiro atoms. The first kappa shape index (κ1) is 56.4. The third-order valence-electron chi connectivity index (χ3n) is 11.8. The zero-order valence-corrected chi connectivity index (χ0v) is 39.5. The second-order valence-electron chi connectivity index (χ2n) is 18.3.